The van der Waals surface area contributed by atoms with Crippen molar-refractivity contribution >= 4 is 28.3 Å². The molecule has 126 valence electrons. The second-order valence-corrected chi connectivity index (χ2v) is 6.54. The molecule has 0 fully saturated rings. The maximum absolute atomic E-state index is 12.1. The third-order valence-corrected chi connectivity index (χ3v) is 4.79. The van der Waals surface area contributed by atoms with E-state index in [-0.39, 0.29) is 5.91 Å². The van der Waals surface area contributed by atoms with Crippen LogP contribution in [-0.4, -0.2) is 33.5 Å². The van der Waals surface area contributed by atoms with Gasteiger partial charge in [0.15, 0.2) is 0 Å². The zero-order valence-corrected chi connectivity index (χ0v) is 14.5. The molecule has 7 heteroatoms. The Morgan fingerprint density at radius 1 is 1.29 bits per heavy atom. The Bertz CT molecular complexity index is 838. The maximum atomic E-state index is 12.1. The Morgan fingerprint density at radius 3 is 2.92 bits per heavy atom. The molecule has 0 radical (unpaired) electrons. The van der Waals surface area contributed by atoms with E-state index in [4.69, 9.17) is 5.73 Å². The molecule has 0 atom stereocenters. The van der Waals surface area contributed by atoms with Gasteiger partial charge in [-0.2, -0.15) is 0 Å². The maximum Gasteiger partial charge on any atom is 0.270 e. The number of nitrogens with one attached hydrogen (secondary N) is 1. The first-order chi connectivity index (χ1) is 11.7. The molecule has 0 aliphatic heterocycles. The minimum atomic E-state index is -0.125. The number of nitrogens with two attached hydrogens (primary N) is 1. The van der Waals surface area contributed by atoms with Crippen LogP contribution in [0.5, 0.6) is 0 Å². The SMILES string of the molecule is Cn1c(CCCNC(=O)c2csc(CCN)n2)nc2ccccc21. The lowest BCUT2D eigenvalue weighted by Gasteiger charge is -2.04. The van der Waals surface area contributed by atoms with E-state index >= 15 is 0 Å². The van der Waals surface area contributed by atoms with Crippen LogP contribution in [0.4, 0.5) is 0 Å². The van der Waals surface area contributed by atoms with E-state index in [1.165, 1.54) is 11.3 Å². The lowest BCUT2D eigenvalue weighted by atomic mass is 10.3. The molecule has 0 saturated heterocycles. The summed E-state index contributed by atoms with van der Waals surface area (Å²) in [4.78, 5) is 21.0. The number of thiazole rings is 1. The number of nitrogens with zero attached hydrogens (tertiary/aromatic N) is 3. The summed E-state index contributed by atoms with van der Waals surface area (Å²) in [5, 5.41) is 5.60. The van der Waals surface area contributed by atoms with Crippen LogP contribution < -0.4 is 11.1 Å². The van der Waals surface area contributed by atoms with Crippen LogP contribution in [0.15, 0.2) is 29.6 Å². The third kappa shape index (κ3) is 3.63. The summed E-state index contributed by atoms with van der Waals surface area (Å²) < 4.78 is 2.11. The van der Waals surface area contributed by atoms with Gasteiger partial charge in [0.05, 0.1) is 16.0 Å². The molecule has 2 heterocycles. The Hall–Kier alpha value is -2.25. The van der Waals surface area contributed by atoms with Gasteiger partial charge in [0.25, 0.3) is 5.91 Å². The van der Waals surface area contributed by atoms with E-state index in [9.17, 15) is 4.79 Å². The molecule has 1 amide bonds. The van der Waals surface area contributed by atoms with Gasteiger partial charge in [-0.3, -0.25) is 4.79 Å². The fourth-order valence-corrected chi connectivity index (χ4v) is 3.41. The summed E-state index contributed by atoms with van der Waals surface area (Å²) in [5.41, 5.74) is 8.11. The van der Waals surface area contributed by atoms with Crippen molar-refractivity contribution in [3.63, 3.8) is 0 Å². The van der Waals surface area contributed by atoms with Gasteiger partial charge < -0.3 is 15.6 Å². The van der Waals surface area contributed by atoms with Crippen molar-refractivity contribution in [3.05, 3.63) is 46.2 Å². The zero-order valence-electron chi connectivity index (χ0n) is 13.7. The van der Waals surface area contributed by atoms with Crippen molar-refractivity contribution in [1.82, 2.24) is 19.9 Å². The highest BCUT2D eigenvalue weighted by Crippen LogP contribution is 2.15. The van der Waals surface area contributed by atoms with E-state index in [2.05, 4.69) is 25.9 Å². The first kappa shape index (κ1) is 16.6. The molecular formula is C17H21N5OS. The molecule has 6 nitrogen and oxygen atoms in total. The summed E-state index contributed by atoms with van der Waals surface area (Å²) in [7, 11) is 2.03. The van der Waals surface area contributed by atoms with Gasteiger partial charge in [-0.1, -0.05) is 12.1 Å². The number of carbonyl (C=O) groups is 1. The van der Waals surface area contributed by atoms with Crippen molar-refractivity contribution in [2.24, 2.45) is 12.8 Å². The fourth-order valence-electron chi connectivity index (χ4n) is 2.61. The molecule has 3 aromatic rings. The summed E-state index contributed by atoms with van der Waals surface area (Å²) in [6.45, 7) is 1.15. The third-order valence-electron chi connectivity index (χ3n) is 3.89. The monoisotopic (exact) mass is 343 g/mol. The van der Waals surface area contributed by atoms with Crippen molar-refractivity contribution in [2.75, 3.05) is 13.1 Å². The van der Waals surface area contributed by atoms with E-state index in [0.717, 1.165) is 34.7 Å². The highest BCUT2D eigenvalue weighted by Gasteiger charge is 2.11. The molecular weight excluding hydrogens is 322 g/mol. The molecule has 0 unspecified atom stereocenters. The van der Waals surface area contributed by atoms with Gasteiger partial charge in [0.2, 0.25) is 0 Å². The van der Waals surface area contributed by atoms with Gasteiger partial charge in [0, 0.05) is 31.8 Å². The minimum absolute atomic E-state index is 0.125. The van der Waals surface area contributed by atoms with Crippen molar-refractivity contribution in [3.8, 4) is 0 Å². The number of carbonyl (C=O) groups excluding carboxylic acids is 1. The van der Waals surface area contributed by atoms with E-state index in [0.29, 0.717) is 25.2 Å². The van der Waals surface area contributed by atoms with Crippen LogP contribution in [-0.2, 0) is 19.9 Å². The lowest BCUT2D eigenvalue weighted by molar-refractivity contribution is 0.0948. The average Bonchev–Trinajstić information content (AvgIpc) is 3.18. The molecule has 3 rings (SSSR count). The molecule has 1 aromatic carbocycles. The van der Waals surface area contributed by atoms with E-state index in [1.54, 1.807) is 5.38 Å². The molecule has 0 aliphatic rings. The Morgan fingerprint density at radius 2 is 2.12 bits per heavy atom. The molecule has 0 saturated carbocycles. The predicted octanol–water partition coefficient (Wildman–Crippen LogP) is 1.89. The quantitative estimate of drug-likeness (QED) is 0.642. The Labute approximate surface area is 144 Å². The molecule has 24 heavy (non-hydrogen) atoms. The number of benzene rings is 1. The summed E-state index contributed by atoms with van der Waals surface area (Å²) in [6, 6.07) is 8.09. The van der Waals surface area contributed by atoms with Gasteiger partial charge >= 0.3 is 0 Å². The van der Waals surface area contributed by atoms with Crippen LogP contribution in [0.25, 0.3) is 11.0 Å². The van der Waals surface area contributed by atoms with Crippen LogP contribution >= 0.6 is 11.3 Å². The molecule has 2 aromatic heterocycles. The van der Waals surface area contributed by atoms with Gasteiger partial charge in [-0.25, -0.2) is 9.97 Å². The Kier molecular flexibility index (Phi) is 5.22. The smallest absolute Gasteiger partial charge is 0.270 e. The number of aryl methyl sites for hydroxylation is 2. The lowest BCUT2D eigenvalue weighted by Crippen LogP contribution is -2.25. The number of aromatic nitrogens is 3. The topological polar surface area (TPSA) is 85.8 Å². The van der Waals surface area contributed by atoms with Crippen LogP contribution in [0, 0.1) is 0 Å². The molecule has 0 spiro atoms. The highest BCUT2D eigenvalue weighted by molar-refractivity contribution is 7.09. The highest BCUT2D eigenvalue weighted by atomic mass is 32.1. The van der Waals surface area contributed by atoms with Crippen molar-refractivity contribution < 1.29 is 4.79 Å². The molecule has 3 N–H and O–H groups in total. The van der Waals surface area contributed by atoms with Gasteiger partial charge in [-0.15, -0.1) is 11.3 Å². The van der Waals surface area contributed by atoms with Gasteiger partial charge in [-0.05, 0) is 25.1 Å². The van der Waals surface area contributed by atoms with Crippen molar-refractivity contribution in [2.45, 2.75) is 19.3 Å². The summed E-state index contributed by atoms with van der Waals surface area (Å²) in [6.07, 6.45) is 2.37. The minimum Gasteiger partial charge on any atom is -0.351 e. The zero-order chi connectivity index (χ0) is 16.9. The largest absolute Gasteiger partial charge is 0.351 e. The normalized spacial score (nSPS) is 11.1. The Balaban J connectivity index is 1.50. The number of amides is 1. The summed E-state index contributed by atoms with van der Waals surface area (Å²) >= 11 is 1.48. The first-order valence-electron chi connectivity index (χ1n) is 8.02. The van der Waals surface area contributed by atoms with Crippen molar-refractivity contribution in [1.29, 1.82) is 0 Å². The molecule has 0 bridgehead atoms. The predicted molar refractivity (Wildman–Crippen MR) is 96.2 cm³/mol. The van der Waals surface area contributed by atoms with Crippen LogP contribution in [0.3, 0.4) is 0 Å². The number of imidazole rings is 1. The first-order valence-corrected chi connectivity index (χ1v) is 8.90. The number of rotatable bonds is 7. The average molecular weight is 343 g/mol. The molecule has 0 aliphatic carbocycles. The van der Waals surface area contributed by atoms with Crippen LogP contribution in [0.2, 0.25) is 0 Å². The van der Waals surface area contributed by atoms with E-state index in [1.807, 2.05) is 25.2 Å². The number of hydrogen-bond acceptors (Lipinski definition) is 5. The summed E-state index contributed by atoms with van der Waals surface area (Å²) in [5.74, 6) is 0.906. The fraction of sp³-hybridized carbons (Fsp3) is 0.353. The number of hydrogen-bond donors (Lipinski definition) is 2. The second kappa shape index (κ2) is 7.55. The second-order valence-electron chi connectivity index (χ2n) is 5.60. The van der Waals surface area contributed by atoms with Crippen LogP contribution in [0.1, 0.15) is 27.7 Å². The number of para-hydroxylation sites is 2. The van der Waals surface area contributed by atoms with E-state index < -0.39 is 0 Å². The standard InChI is InChI=1S/C17H21N5OS/c1-22-14-6-3-2-5-12(14)20-15(22)7-4-10-19-17(23)13-11-24-16(21-13)8-9-18/h2-3,5-6,11H,4,7-10,18H2,1H3,(H,19,23). The van der Waals surface area contributed by atoms with Gasteiger partial charge in [0.1, 0.15) is 11.5 Å². The number of fused-ring (bicyclic) bond motifs is 1.